The third-order valence-electron chi connectivity index (χ3n) is 2.89. The van der Waals surface area contributed by atoms with Gasteiger partial charge in [0.15, 0.2) is 15.7 Å². The largest absolute Gasteiger partial charge is 0.458 e. The molecular formula is C15H20N2O3S2. The fraction of sp³-hybridized carbons (Fsp3) is 0.533. The van der Waals surface area contributed by atoms with Gasteiger partial charge in [0.2, 0.25) is 0 Å². The van der Waals surface area contributed by atoms with Crippen molar-refractivity contribution in [1.29, 1.82) is 0 Å². The molecule has 0 aliphatic rings. The predicted octanol–water partition coefficient (Wildman–Crippen LogP) is 3.83. The van der Waals surface area contributed by atoms with Crippen LogP contribution < -0.4 is 0 Å². The zero-order chi connectivity index (χ0) is 16.4. The van der Waals surface area contributed by atoms with Gasteiger partial charge in [0.05, 0.1) is 17.1 Å². The first-order valence-electron chi connectivity index (χ1n) is 7.12. The smallest absolute Gasteiger partial charge is 0.358 e. The maximum absolute atomic E-state index is 12.2. The van der Waals surface area contributed by atoms with Crippen LogP contribution in [0.3, 0.4) is 0 Å². The van der Waals surface area contributed by atoms with Crippen LogP contribution in [0.15, 0.2) is 6.20 Å². The Morgan fingerprint density at radius 1 is 1.23 bits per heavy atom. The average molecular weight is 340 g/mol. The van der Waals surface area contributed by atoms with Crippen molar-refractivity contribution >= 4 is 28.6 Å². The van der Waals surface area contributed by atoms with E-state index < -0.39 is 12.1 Å². The summed E-state index contributed by atoms with van der Waals surface area (Å²) in [6, 6.07) is 0. The number of hydrogen-bond donors (Lipinski definition) is 1. The lowest BCUT2D eigenvalue weighted by Crippen LogP contribution is -2.16. The van der Waals surface area contributed by atoms with Crippen LogP contribution >= 0.6 is 22.7 Å². The molecule has 0 amide bonds. The lowest BCUT2D eigenvalue weighted by atomic mass is 10.1. The Kier molecular flexibility index (Phi) is 5.31. The Morgan fingerprint density at radius 3 is 2.41 bits per heavy atom. The summed E-state index contributed by atoms with van der Waals surface area (Å²) in [6.45, 7) is 9.33. The molecule has 2 rings (SSSR count). The highest BCUT2D eigenvalue weighted by Crippen LogP contribution is 2.36. The summed E-state index contributed by atoms with van der Waals surface area (Å²) < 4.78 is 5.24. The summed E-state index contributed by atoms with van der Waals surface area (Å²) in [5, 5.41) is 11.8. The number of ether oxygens (including phenoxy) is 1. The van der Waals surface area contributed by atoms with E-state index in [0.29, 0.717) is 9.88 Å². The fourth-order valence-corrected chi connectivity index (χ4v) is 3.80. The van der Waals surface area contributed by atoms with Crippen LogP contribution in [0.25, 0.3) is 10.0 Å². The molecule has 0 aliphatic heterocycles. The normalized spacial score (nSPS) is 12.9. The van der Waals surface area contributed by atoms with Crippen LogP contribution in [0.4, 0.5) is 0 Å². The number of esters is 1. The van der Waals surface area contributed by atoms with Gasteiger partial charge in [0.1, 0.15) is 0 Å². The zero-order valence-electron chi connectivity index (χ0n) is 13.3. The van der Waals surface area contributed by atoms with Crippen LogP contribution in [0.1, 0.15) is 54.0 Å². The first-order valence-corrected chi connectivity index (χ1v) is 8.75. The molecule has 0 bridgehead atoms. The van der Waals surface area contributed by atoms with Gasteiger partial charge in [-0.15, -0.1) is 22.7 Å². The Labute approximate surface area is 138 Å². The van der Waals surface area contributed by atoms with E-state index in [4.69, 9.17) is 4.74 Å². The Morgan fingerprint density at radius 2 is 1.91 bits per heavy atom. The van der Waals surface area contributed by atoms with Gasteiger partial charge in [-0.05, 0) is 26.7 Å². The monoisotopic (exact) mass is 340 g/mol. The van der Waals surface area contributed by atoms with Gasteiger partial charge >= 0.3 is 5.97 Å². The molecule has 5 nitrogen and oxygen atoms in total. The van der Waals surface area contributed by atoms with E-state index in [1.54, 1.807) is 20.0 Å². The van der Waals surface area contributed by atoms with E-state index in [0.717, 1.165) is 9.88 Å². The molecule has 120 valence electrons. The van der Waals surface area contributed by atoms with Gasteiger partial charge in [-0.1, -0.05) is 13.8 Å². The third kappa shape index (κ3) is 3.71. The highest BCUT2D eigenvalue weighted by atomic mass is 32.1. The lowest BCUT2D eigenvalue weighted by Gasteiger charge is -2.14. The number of carbonyl (C=O) groups excluding carboxylic acids is 1. The molecule has 0 aromatic carbocycles. The molecule has 1 N–H and O–H groups in total. The number of rotatable bonds is 5. The molecule has 0 spiro atoms. The molecule has 2 heterocycles. The molecule has 22 heavy (non-hydrogen) atoms. The van der Waals surface area contributed by atoms with E-state index in [1.807, 2.05) is 20.8 Å². The predicted molar refractivity (Wildman–Crippen MR) is 88.3 cm³/mol. The van der Waals surface area contributed by atoms with Gasteiger partial charge in [-0.25, -0.2) is 14.8 Å². The first kappa shape index (κ1) is 17.1. The summed E-state index contributed by atoms with van der Waals surface area (Å²) in [5.41, 5.74) is 0.197. The average Bonchev–Trinajstić information content (AvgIpc) is 3.02. The second kappa shape index (κ2) is 6.85. The van der Waals surface area contributed by atoms with Crippen molar-refractivity contribution in [2.24, 2.45) is 5.92 Å². The Bertz CT molecular complexity index is 662. The molecule has 0 fully saturated rings. The van der Waals surface area contributed by atoms with Gasteiger partial charge in [0, 0.05) is 11.1 Å². The fourth-order valence-electron chi connectivity index (χ4n) is 1.80. The third-order valence-corrected chi connectivity index (χ3v) is 5.08. The molecule has 0 saturated carbocycles. The standard InChI is InChI=1S/C15H20N2O3S2/c1-7(2)11(18)12-10(15(19)20-8(3)4)17-14(22-12)13-16-6-9(5)21-13/h6-8,11,18H,1-5H3. The van der Waals surface area contributed by atoms with Crippen LogP contribution in [-0.2, 0) is 4.74 Å². The quantitative estimate of drug-likeness (QED) is 0.838. The van der Waals surface area contributed by atoms with Crippen molar-refractivity contribution in [1.82, 2.24) is 9.97 Å². The summed E-state index contributed by atoms with van der Waals surface area (Å²) in [6.07, 6.45) is 0.789. The second-order valence-corrected chi connectivity index (χ2v) is 7.92. The Hall–Kier alpha value is -1.31. The number of carbonyl (C=O) groups is 1. The number of aliphatic hydroxyl groups excluding tert-OH is 1. The lowest BCUT2D eigenvalue weighted by molar-refractivity contribution is 0.0362. The Balaban J connectivity index is 2.45. The van der Waals surface area contributed by atoms with E-state index in [2.05, 4.69) is 9.97 Å². The highest BCUT2D eigenvalue weighted by Gasteiger charge is 2.28. The van der Waals surface area contributed by atoms with Gasteiger partial charge < -0.3 is 9.84 Å². The van der Waals surface area contributed by atoms with Crippen LogP contribution in [0, 0.1) is 12.8 Å². The number of aliphatic hydroxyl groups is 1. The van der Waals surface area contributed by atoms with Crippen molar-refractivity contribution in [3.63, 3.8) is 0 Å². The topological polar surface area (TPSA) is 72.3 Å². The molecule has 2 aromatic heterocycles. The van der Waals surface area contributed by atoms with Gasteiger partial charge in [-0.2, -0.15) is 0 Å². The molecule has 1 unspecified atom stereocenters. The SMILES string of the molecule is Cc1cnc(-c2nc(C(=O)OC(C)C)c(C(O)C(C)C)s2)s1. The van der Waals surface area contributed by atoms with Gasteiger partial charge in [-0.3, -0.25) is 0 Å². The number of hydrogen-bond acceptors (Lipinski definition) is 7. The summed E-state index contributed by atoms with van der Waals surface area (Å²) >= 11 is 2.82. The molecule has 2 aromatic rings. The van der Waals surface area contributed by atoms with Crippen molar-refractivity contribution < 1.29 is 14.6 Å². The molecule has 0 radical (unpaired) electrons. The summed E-state index contributed by atoms with van der Waals surface area (Å²) in [7, 11) is 0. The van der Waals surface area contributed by atoms with Crippen LogP contribution in [-0.4, -0.2) is 27.1 Å². The minimum atomic E-state index is -0.748. The first-order chi connectivity index (χ1) is 10.3. The maximum Gasteiger partial charge on any atom is 0.358 e. The van der Waals surface area contributed by atoms with Crippen LogP contribution in [0.2, 0.25) is 0 Å². The zero-order valence-corrected chi connectivity index (χ0v) is 14.9. The number of thiazole rings is 2. The van der Waals surface area contributed by atoms with Crippen molar-refractivity contribution in [2.45, 2.75) is 46.8 Å². The number of aromatic nitrogens is 2. The minimum Gasteiger partial charge on any atom is -0.458 e. The summed E-state index contributed by atoms with van der Waals surface area (Å²) in [4.78, 5) is 22.5. The van der Waals surface area contributed by atoms with E-state index in [1.165, 1.54) is 22.7 Å². The molecule has 1 atom stereocenters. The summed E-state index contributed by atoms with van der Waals surface area (Å²) in [5.74, 6) is -0.516. The van der Waals surface area contributed by atoms with E-state index in [9.17, 15) is 9.90 Å². The molecule has 0 aliphatic carbocycles. The van der Waals surface area contributed by atoms with E-state index >= 15 is 0 Å². The van der Waals surface area contributed by atoms with Crippen LogP contribution in [0.5, 0.6) is 0 Å². The highest BCUT2D eigenvalue weighted by molar-refractivity contribution is 7.21. The minimum absolute atomic E-state index is 0.0167. The number of nitrogens with zero attached hydrogens (tertiary/aromatic N) is 2. The van der Waals surface area contributed by atoms with Crippen molar-refractivity contribution in [2.75, 3.05) is 0 Å². The van der Waals surface area contributed by atoms with E-state index in [-0.39, 0.29) is 17.7 Å². The molecular weight excluding hydrogens is 320 g/mol. The number of aryl methyl sites for hydroxylation is 1. The second-order valence-electron chi connectivity index (χ2n) is 5.65. The van der Waals surface area contributed by atoms with Crippen molar-refractivity contribution in [3.05, 3.63) is 21.6 Å². The maximum atomic E-state index is 12.2. The molecule has 7 heteroatoms. The van der Waals surface area contributed by atoms with Gasteiger partial charge in [0.25, 0.3) is 0 Å². The van der Waals surface area contributed by atoms with Crippen molar-refractivity contribution in [3.8, 4) is 10.0 Å². The molecule has 0 saturated heterocycles.